The Kier molecular flexibility index (Phi) is 5.07. The molecule has 0 bridgehead atoms. The largest absolute Gasteiger partial charge is 0.355 e. The van der Waals surface area contributed by atoms with Crippen molar-refractivity contribution < 1.29 is 13.2 Å². The van der Waals surface area contributed by atoms with Gasteiger partial charge >= 0.3 is 0 Å². The highest BCUT2D eigenvalue weighted by molar-refractivity contribution is 7.92. The molecule has 6 heteroatoms. The number of rotatable bonds is 5. The van der Waals surface area contributed by atoms with Gasteiger partial charge in [-0.1, -0.05) is 0 Å². The predicted octanol–water partition coefficient (Wildman–Crippen LogP) is -0.727. The monoisotopic (exact) mass is 222 g/mol. The molecule has 2 unspecified atom stereocenters. The van der Waals surface area contributed by atoms with Gasteiger partial charge in [0.15, 0.2) is 9.84 Å². The Morgan fingerprint density at radius 3 is 2.29 bits per heavy atom. The summed E-state index contributed by atoms with van der Waals surface area (Å²) in [6, 6.07) is 0.00356. The molecule has 84 valence electrons. The van der Waals surface area contributed by atoms with E-state index in [1.807, 2.05) is 6.92 Å². The van der Waals surface area contributed by atoms with Crippen LogP contribution in [0.1, 0.15) is 20.3 Å². The van der Waals surface area contributed by atoms with Crippen molar-refractivity contribution in [2.75, 3.05) is 12.8 Å². The van der Waals surface area contributed by atoms with Crippen LogP contribution < -0.4 is 11.1 Å². The van der Waals surface area contributed by atoms with Crippen LogP contribution in [-0.4, -0.2) is 38.4 Å². The maximum Gasteiger partial charge on any atom is 0.238 e. The van der Waals surface area contributed by atoms with E-state index in [9.17, 15) is 13.2 Å². The zero-order chi connectivity index (χ0) is 11.4. The average molecular weight is 222 g/mol. The third-order valence-corrected chi connectivity index (χ3v) is 3.41. The minimum atomic E-state index is -3.30. The molecule has 3 N–H and O–H groups in total. The maximum atomic E-state index is 11.2. The van der Waals surface area contributed by atoms with Crippen molar-refractivity contribution in [2.45, 2.75) is 31.6 Å². The van der Waals surface area contributed by atoms with Crippen molar-refractivity contribution >= 4 is 15.7 Å². The first kappa shape index (κ1) is 13.4. The van der Waals surface area contributed by atoms with Crippen molar-refractivity contribution in [2.24, 2.45) is 5.73 Å². The fraction of sp³-hybridized carbons (Fsp3) is 0.875. The second-order valence-electron chi connectivity index (χ2n) is 3.53. The van der Waals surface area contributed by atoms with E-state index in [0.29, 0.717) is 13.0 Å². The highest BCUT2D eigenvalue weighted by Gasteiger charge is 2.22. The van der Waals surface area contributed by atoms with Crippen LogP contribution >= 0.6 is 0 Å². The molecule has 0 aliphatic carbocycles. The molecule has 1 amide bonds. The van der Waals surface area contributed by atoms with E-state index in [-0.39, 0.29) is 6.04 Å². The third kappa shape index (κ3) is 5.18. The molecule has 0 aliphatic rings. The molecule has 0 saturated heterocycles. The Morgan fingerprint density at radius 2 is 1.93 bits per heavy atom. The van der Waals surface area contributed by atoms with Crippen LogP contribution in [0.25, 0.3) is 0 Å². The van der Waals surface area contributed by atoms with E-state index in [1.165, 1.54) is 6.92 Å². The third-order valence-electron chi connectivity index (χ3n) is 1.91. The Hall–Kier alpha value is -0.620. The highest BCUT2D eigenvalue weighted by Crippen LogP contribution is 1.97. The molecule has 0 fully saturated rings. The Labute approximate surface area is 85.0 Å². The fourth-order valence-electron chi connectivity index (χ4n) is 0.761. The zero-order valence-corrected chi connectivity index (χ0v) is 9.60. The number of nitrogens with two attached hydrogens (primary N) is 1. The molecule has 2 atom stereocenters. The number of carbonyl (C=O) groups is 1. The summed E-state index contributed by atoms with van der Waals surface area (Å²) in [7, 11) is -3.30. The normalized spacial score (nSPS) is 16.0. The SMILES string of the molecule is CC(N)CCNC(=O)C(C)S(C)(=O)=O. The molecule has 0 saturated carbocycles. The molecule has 14 heavy (non-hydrogen) atoms. The minimum absolute atomic E-state index is 0.00356. The molecule has 0 aliphatic heterocycles. The van der Waals surface area contributed by atoms with Gasteiger partial charge in [0.05, 0.1) is 0 Å². The van der Waals surface area contributed by atoms with Gasteiger partial charge in [-0.05, 0) is 20.3 Å². The summed E-state index contributed by atoms with van der Waals surface area (Å²) in [6.07, 6.45) is 1.69. The van der Waals surface area contributed by atoms with Crippen molar-refractivity contribution in [1.29, 1.82) is 0 Å². The van der Waals surface area contributed by atoms with Crippen molar-refractivity contribution in [3.8, 4) is 0 Å². The molecular weight excluding hydrogens is 204 g/mol. The smallest absolute Gasteiger partial charge is 0.238 e. The second-order valence-corrected chi connectivity index (χ2v) is 5.89. The van der Waals surface area contributed by atoms with Crippen LogP contribution in [0, 0.1) is 0 Å². The standard InChI is InChI=1S/C8H18N2O3S/c1-6(9)4-5-10-8(11)7(2)14(3,12)13/h6-7H,4-5,9H2,1-3H3,(H,10,11). The van der Waals surface area contributed by atoms with Gasteiger partial charge in [-0.3, -0.25) is 4.79 Å². The van der Waals surface area contributed by atoms with Crippen LogP contribution in [0.3, 0.4) is 0 Å². The predicted molar refractivity (Wildman–Crippen MR) is 55.6 cm³/mol. The lowest BCUT2D eigenvalue weighted by Crippen LogP contribution is -2.39. The van der Waals surface area contributed by atoms with Gasteiger partial charge in [-0.25, -0.2) is 8.42 Å². The molecule has 0 radical (unpaired) electrons. The molecule has 0 rings (SSSR count). The number of sulfone groups is 1. The zero-order valence-electron chi connectivity index (χ0n) is 8.78. The Morgan fingerprint density at radius 1 is 1.43 bits per heavy atom. The number of hydrogen-bond acceptors (Lipinski definition) is 4. The van der Waals surface area contributed by atoms with Gasteiger partial charge in [-0.2, -0.15) is 0 Å². The topological polar surface area (TPSA) is 89.3 Å². The van der Waals surface area contributed by atoms with E-state index in [0.717, 1.165) is 6.26 Å². The highest BCUT2D eigenvalue weighted by atomic mass is 32.2. The van der Waals surface area contributed by atoms with Gasteiger partial charge in [-0.15, -0.1) is 0 Å². The van der Waals surface area contributed by atoms with Gasteiger partial charge in [0.25, 0.3) is 0 Å². The van der Waals surface area contributed by atoms with E-state index >= 15 is 0 Å². The van der Waals surface area contributed by atoms with Crippen molar-refractivity contribution in [1.82, 2.24) is 5.32 Å². The number of nitrogens with one attached hydrogen (secondary N) is 1. The number of hydrogen-bond donors (Lipinski definition) is 2. The lowest BCUT2D eigenvalue weighted by Gasteiger charge is -2.11. The van der Waals surface area contributed by atoms with Crippen molar-refractivity contribution in [3.63, 3.8) is 0 Å². The summed E-state index contributed by atoms with van der Waals surface area (Å²) in [4.78, 5) is 11.2. The first-order valence-corrected chi connectivity index (χ1v) is 6.42. The van der Waals surface area contributed by atoms with E-state index in [1.54, 1.807) is 0 Å². The Bertz CT molecular complexity index is 285. The van der Waals surface area contributed by atoms with E-state index in [4.69, 9.17) is 5.73 Å². The molecule has 0 aromatic heterocycles. The second kappa shape index (κ2) is 5.31. The lowest BCUT2D eigenvalue weighted by molar-refractivity contribution is -0.120. The summed E-state index contributed by atoms with van der Waals surface area (Å²) in [5, 5.41) is 1.53. The van der Waals surface area contributed by atoms with Crippen molar-refractivity contribution in [3.05, 3.63) is 0 Å². The fourth-order valence-corrected chi connectivity index (χ4v) is 1.23. The molecule has 0 heterocycles. The number of carbonyl (C=O) groups excluding carboxylic acids is 1. The first-order valence-electron chi connectivity index (χ1n) is 4.47. The van der Waals surface area contributed by atoms with Crippen LogP contribution in [0.2, 0.25) is 0 Å². The first-order chi connectivity index (χ1) is 6.25. The maximum absolute atomic E-state index is 11.2. The van der Waals surface area contributed by atoms with E-state index in [2.05, 4.69) is 5.32 Å². The van der Waals surface area contributed by atoms with Gasteiger partial charge in [0.1, 0.15) is 5.25 Å². The molecule has 5 nitrogen and oxygen atoms in total. The molecule has 0 spiro atoms. The van der Waals surface area contributed by atoms with Crippen LogP contribution in [0.4, 0.5) is 0 Å². The Balaban J connectivity index is 3.98. The summed E-state index contributed by atoms with van der Waals surface area (Å²) in [5.41, 5.74) is 5.47. The van der Waals surface area contributed by atoms with E-state index < -0.39 is 21.0 Å². The van der Waals surface area contributed by atoms with Gasteiger partial charge < -0.3 is 11.1 Å². The summed E-state index contributed by atoms with van der Waals surface area (Å²) >= 11 is 0. The minimum Gasteiger partial charge on any atom is -0.355 e. The number of amides is 1. The summed E-state index contributed by atoms with van der Waals surface area (Å²) in [5.74, 6) is -0.465. The van der Waals surface area contributed by atoms with Crippen LogP contribution in [-0.2, 0) is 14.6 Å². The summed E-state index contributed by atoms with van der Waals surface area (Å²) < 4.78 is 22.0. The molecule has 0 aromatic rings. The van der Waals surface area contributed by atoms with Gasteiger partial charge in [0, 0.05) is 18.8 Å². The lowest BCUT2D eigenvalue weighted by atomic mass is 10.2. The quantitative estimate of drug-likeness (QED) is 0.642. The van der Waals surface area contributed by atoms with Gasteiger partial charge in [0.2, 0.25) is 5.91 Å². The molecular formula is C8H18N2O3S. The van der Waals surface area contributed by atoms with Crippen LogP contribution in [0.5, 0.6) is 0 Å². The molecule has 0 aromatic carbocycles. The average Bonchev–Trinajstić information content (AvgIpc) is 2.00. The summed E-state index contributed by atoms with van der Waals surface area (Å²) in [6.45, 7) is 3.61. The van der Waals surface area contributed by atoms with Crippen LogP contribution in [0.15, 0.2) is 0 Å².